The third-order valence-electron chi connectivity index (χ3n) is 7.06. The van der Waals surface area contributed by atoms with E-state index >= 15 is 0 Å². The summed E-state index contributed by atoms with van der Waals surface area (Å²) < 4.78 is 8.02. The van der Waals surface area contributed by atoms with Crippen LogP contribution < -0.4 is 16.0 Å². The molecule has 8 heteroatoms. The number of anilines is 3. The lowest BCUT2D eigenvalue weighted by Gasteiger charge is -2.12. The number of amides is 1. The van der Waals surface area contributed by atoms with Crippen molar-refractivity contribution < 1.29 is 9.21 Å². The molecule has 3 aromatic heterocycles. The summed E-state index contributed by atoms with van der Waals surface area (Å²) >= 11 is 0. The standard InChI is InChI=1S/C33H26N6O2/c1-34-20-21-9-11-22(12-10-21)32(40)36-23-13-15-24(16-14-23)37-33-38-29(19-25-17-18-35-39(25)33)28-7-4-6-27-26-5-2-3-8-30(26)41-31(27)28/h2-19,34H,20H2,1H3,(H,36,40)(H,37,38). The van der Waals surface area contributed by atoms with E-state index < -0.39 is 0 Å². The molecule has 0 aliphatic rings. The van der Waals surface area contributed by atoms with Crippen LogP contribution in [0.1, 0.15) is 15.9 Å². The predicted molar refractivity (Wildman–Crippen MR) is 163 cm³/mol. The van der Waals surface area contributed by atoms with Gasteiger partial charge in [0.1, 0.15) is 11.2 Å². The Kier molecular flexibility index (Phi) is 6.14. The maximum absolute atomic E-state index is 12.7. The quantitative estimate of drug-likeness (QED) is 0.202. The van der Waals surface area contributed by atoms with Crippen molar-refractivity contribution in [3.8, 4) is 11.3 Å². The van der Waals surface area contributed by atoms with Crippen molar-refractivity contribution in [2.24, 2.45) is 0 Å². The van der Waals surface area contributed by atoms with Crippen molar-refractivity contribution in [3.05, 3.63) is 120 Å². The van der Waals surface area contributed by atoms with Gasteiger partial charge in [0.25, 0.3) is 5.91 Å². The molecule has 0 radical (unpaired) electrons. The third kappa shape index (κ3) is 4.66. The van der Waals surface area contributed by atoms with E-state index in [2.05, 4.69) is 33.2 Å². The van der Waals surface area contributed by atoms with Crippen molar-refractivity contribution in [1.82, 2.24) is 19.9 Å². The highest BCUT2D eigenvalue weighted by Gasteiger charge is 2.15. The molecule has 3 N–H and O–H groups in total. The van der Waals surface area contributed by atoms with E-state index in [-0.39, 0.29) is 5.91 Å². The largest absolute Gasteiger partial charge is 0.455 e. The molecule has 0 atom stereocenters. The van der Waals surface area contributed by atoms with Gasteiger partial charge in [0.05, 0.1) is 17.4 Å². The van der Waals surface area contributed by atoms with Crippen molar-refractivity contribution in [2.45, 2.75) is 6.54 Å². The topological polar surface area (TPSA) is 96.5 Å². The summed E-state index contributed by atoms with van der Waals surface area (Å²) in [5.74, 6) is 0.406. The van der Waals surface area contributed by atoms with Crippen LogP contribution in [-0.2, 0) is 6.54 Å². The second-order valence-corrected chi connectivity index (χ2v) is 9.80. The van der Waals surface area contributed by atoms with Crippen molar-refractivity contribution >= 4 is 50.7 Å². The Hall–Kier alpha value is -5.47. The van der Waals surface area contributed by atoms with Crippen molar-refractivity contribution in [3.63, 3.8) is 0 Å². The SMILES string of the molecule is CNCc1ccc(C(=O)Nc2ccc(Nc3nc(-c4cccc5c4oc4ccccc45)cc4ccnn34)cc2)cc1. The van der Waals surface area contributed by atoms with Crippen LogP contribution in [0.2, 0.25) is 0 Å². The van der Waals surface area contributed by atoms with E-state index in [1.165, 1.54) is 0 Å². The number of fused-ring (bicyclic) bond motifs is 4. The molecule has 8 nitrogen and oxygen atoms in total. The maximum Gasteiger partial charge on any atom is 0.255 e. The highest BCUT2D eigenvalue weighted by Crippen LogP contribution is 2.36. The van der Waals surface area contributed by atoms with Crippen LogP contribution >= 0.6 is 0 Å². The van der Waals surface area contributed by atoms with Crippen LogP contribution in [0.25, 0.3) is 38.7 Å². The van der Waals surface area contributed by atoms with Crippen molar-refractivity contribution in [1.29, 1.82) is 0 Å². The number of hydrogen-bond donors (Lipinski definition) is 3. The minimum Gasteiger partial charge on any atom is -0.455 e. The maximum atomic E-state index is 12.7. The fraction of sp³-hybridized carbons (Fsp3) is 0.0606. The lowest BCUT2D eigenvalue weighted by molar-refractivity contribution is 0.102. The number of nitrogens with zero attached hydrogens (tertiary/aromatic N) is 3. The second-order valence-electron chi connectivity index (χ2n) is 9.80. The number of carbonyl (C=O) groups excluding carboxylic acids is 1. The summed E-state index contributed by atoms with van der Waals surface area (Å²) in [6.07, 6.45) is 1.75. The number of furan rings is 1. The summed E-state index contributed by atoms with van der Waals surface area (Å²) in [6.45, 7) is 0.758. The minimum atomic E-state index is -0.158. The normalized spacial score (nSPS) is 11.3. The molecule has 7 aromatic rings. The monoisotopic (exact) mass is 538 g/mol. The summed E-state index contributed by atoms with van der Waals surface area (Å²) in [5, 5.41) is 16.0. The molecule has 3 heterocycles. The van der Waals surface area contributed by atoms with Gasteiger partial charge in [-0.2, -0.15) is 5.10 Å². The summed E-state index contributed by atoms with van der Waals surface area (Å²) in [5.41, 5.74) is 7.45. The molecule has 4 aromatic carbocycles. The highest BCUT2D eigenvalue weighted by atomic mass is 16.3. The fourth-order valence-corrected chi connectivity index (χ4v) is 5.05. The van der Waals surface area contributed by atoms with Gasteiger partial charge in [-0.05, 0) is 73.3 Å². The minimum absolute atomic E-state index is 0.158. The molecule has 0 aliphatic heterocycles. The Morgan fingerprint density at radius 3 is 2.46 bits per heavy atom. The highest BCUT2D eigenvalue weighted by molar-refractivity contribution is 6.09. The van der Waals surface area contributed by atoms with E-state index in [4.69, 9.17) is 9.40 Å². The fourth-order valence-electron chi connectivity index (χ4n) is 5.05. The van der Waals surface area contributed by atoms with E-state index in [1.807, 2.05) is 98.0 Å². The number of carbonyl (C=O) groups is 1. The number of benzene rings is 4. The second kappa shape index (κ2) is 10.3. The Morgan fingerprint density at radius 2 is 1.63 bits per heavy atom. The molecular formula is C33H26N6O2. The van der Waals surface area contributed by atoms with Gasteiger partial charge in [0.2, 0.25) is 5.95 Å². The first-order chi connectivity index (χ1) is 20.2. The molecule has 7 rings (SSSR count). The summed E-state index contributed by atoms with van der Waals surface area (Å²) in [7, 11) is 1.90. The molecule has 0 spiro atoms. The average molecular weight is 539 g/mol. The Bertz CT molecular complexity index is 2020. The van der Waals surface area contributed by atoms with Gasteiger partial charge in [0.15, 0.2) is 0 Å². The molecule has 0 unspecified atom stereocenters. The molecule has 0 saturated carbocycles. The van der Waals surface area contributed by atoms with Gasteiger partial charge in [-0.1, -0.05) is 42.5 Å². The molecule has 0 bridgehead atoms. The Morgan fingerprint density at radius 1 is 0.854 bits per heavy atom. The number of nitrogens with one attached hydrogen (secondary N) is 3. The average Bonchev–Trinajstić information content (AvgIpc) is 3.64. The predicted octanol–water partition coefficient (Wildman–Crippen LogP) is 7.01. The van der Waals surface area contributed by atoms with E-state index in [9.17, 15) is 4.79 Å². The van der Waals surface area contributed by atoms with E-state index in [0.717, 1.165) is 56.5 Å². The molecular weight excluding hydrogens is 512 g/mol. The van der Waals surface area contributed by atoms with Gasteiger partial charge in [0, 0.05) is 39.8 Å². The van der Waals surface area contributed by atoms with E-state index in [1.54, 1.807) is 10.7 Å². The van der Waals surface area contributed by atoms with Crippen LogP contribution in [0.5, 0.6) is 0 Å². The van der Waals surface area contributed by atoms with Crippen LogP contribution in [0.3, 0.4) is 0 Å². The smallest absolute Gasteiger partial charge is 0.255 e. The van der Waals surface area contributed by atoms with Gasteiger partial charge in [-0.3, -0.25) is 4.79 Å². The third-order valence-corrected chi connectivity index (χ3v) is 7.06. The van der Waals surface area contributed by atoms with Crippen molar-refractivity contribution in [2.75, 3.05) is 17.7 Å². The Labute approximate surface area is 235 Å². The first-order valence-electron chi connectivity index (χ1n) is 13.3. The van der Waals surface area contributed by atoms with E-state index in [0.29, 0.717) is 17.2 Å². The zero-order valence-corrected chi connectivity index (χ0v) is 22.3. The van der Waals surface area contributed by atoms with Gasteiger partial charge in [-0.15, -0.1) is 0 Å². The zero-order valence-electron chi connectivity index (χ0n) is 22.3. The molecule has 41 heavy (non-hydrogen) atoms. The summed E-state index contributed by atoms with van der Waals surface area (Å²) in [4.78, 5) is 17.7. The molecule has 0 saturated heterocycles. The van der Waals surface area contributed by atoms with Gasteiger partial charge >= 0.3 is 0 Å². The lowest BCUT2D eigenvalue weighted by Crippen LogP contribution is -2.12. The lowest BCUT2D eigenvalue weighted by atomic mass is 10.1. The van der Waals surface area contributed by atoms with Gasteiger partial charge in [-0.25, -0.2) is 9.50 Å². The van der Waals surface area contributed by atoms with Crippen LogP contribution in [0.4, 0.5) is 17.3 Å². The molecule has 200 valence electrons. The first kappa shape index (κ1) is 24.6. The van der Waals surface area contributed by atoms with Crippen LogP contribution in [-0.4, -0.2) is 27.6 Å². The molecule has 0 fully saturated rings. The van der Waals surface area contributed by atoms with Crippen LogP contribution in [0, 0.1) is 0 Å². The first-order valence-corrected chi connectivity index (χ1v) is 13.3. The molecule has 1 amide bonds. The number of para-hydroxylation sites is 2. The number of hydrogen-bond acceptors (Lipinski definition) is 6. The van der Waals surface area contributed by atoms with Crippen LogP contribution in [0.15, 0.2) is 114 Å². The van der Waals surface area contributed by atoms with Gasteiger partial charge < -0.3 is 20.4 Å². The summed E-state index contributed by atoms with van der Waals surface area (Å²) in [6, 6.07) is 33.2. The Balaban J connectivity index is 1.16. The number of rotatable bonds is 7. The zero-order chi connectivity index (χ0) is 27.8. The number of aromatic nitrogens is 3. The molecule has 0 aliphatic carbocycles.